The van der Waals surface area contributed by atoms with Crippen LogP contribution in [0.15, 0.2) is 0 Å². The molecule has 18 heavy (non-hydrogen) atoms. The van der Waals surface area contributed by atoms with Gasteiger partial charge in [0.1, 0.15) is 0 Å². The first kappa shape index (κ1) is 15.4. The van der Waals surface area contributed by atoms with Gasteiger partial charge >= 0.3 is 0 Å². The van der Waals surface area contributed by atoms with Crippen LogP contribution in [0.2, 0.25) is 0 Å². The Morgan fingerprint density at radius 2 is 2.00 bits per heavy atom. The zero-order valence-corrected chi connectivity index (χ0v) is 11.8. The molecule has 1 aliphatic rings. The van der Waals surface area contributed by atoms with Gasteiger partial charge in [0.15, 0.2) is 0 Å². The SMILES string of the molecule is CC(C)(C)C(CCO)NC(=O)CN1CCNCC1. The zero-order chi connectivity index (χ0) is 13.6. The van der Waals surface area contributed by atoms with Crippen LogP contribution >= 0.6 is 0 Å². The molecule has 0 bridgehead atoms. The van der Waals surface area contributed by atoms with E-state index in [1.54, 1.807) is 0 Å². The van der Waals surface area contributed by atoms with E-state index in [9.17, 15) is 4.79 Å². The second-order valence-corrected chi connectivity index (χ2v) is 6.02. The van der Waals surface area contributed by atoms with Crippen LogP contribution in [0.5, 0.6) is 0 Å². The molecule has 5 nitrogen and oxygen atoms in total. The van der Waals surface area contributed by atoms with Crippen LogP contribution < -0.4 is 10.6 Å². The number of hydrogen-bond acceptors (Lipinski definition) is 4. The summed E-state index contributed by atoms with van der Waals surface area (Å²) in [7, 11) is 0. The zero-order valence-electron chi connectivity index (χ0n) is 11.8. The van der Waals surface area contributed by atoms with Gasteiger partial charge in [-0.05, 0) is 11.8 Å². The smallest absolute Gasteiger partial charge is 0.234 e. The minimum absolute atomic E-state index is 0.0258. The normalized spacial score (nSPS) is 19.6. The van der Waals surface area contributed by atoms with E-state index in [2.05, 4.69) is 36.3 Å². The number of piperazine rings is 1. The van der Waals surface area contributed by atoms with Crippen molar-refractivity contribution in [1.82, 2.24) is 15.5 Å². The molecule has 0 aromatic carbocycles. The summed E-state index contributed by atoms with van der Waals surface area (Å²) < 4.78 is 0. The van der Waals surface area contributed by atoms with E-state index in [0.717, 1.165) is 26.2 Å². The van der Waals surface area contributed by atoms with Crippen LogP contribution in [0.3, 0.4) is 0 Å². The lowest BCUT2D eigenvalue weighted by molar-refractivity contribution is -0.124. The van der Waals surface area contributed by atoms with Gasteiger partial charge < -0.3 is 15.7 Å². The highest BCUT2D eigenvalue weighted by Gasteiger charge is 2.26. The van der Waals surface area contributed by atoms with E-state index < -0.39 is 0 Å². The van der Waals surface area contributed by atoms with Crippen molar-refractivity contribution in [3.05, 3.63) is 0 Å². The van der Waals surface area contributed by atoms with E-state index in [-0.39, 0.29) is 24.0 Å². The van der Waals surface area contributed by atoms with Gasteiger partial charge in [-0.15, -0.1) is 0 Å². The van der Waals surface area contributed by atoms with Gasteiger partial charge in [0.25, 0.3) is 0 Å². The molecule has 0 aliphatic carbocycles. The minimum Gasteiger partial charge on any atom is -0.396 e. The first-order valence-electron chi connectivity index (χ1n) is 6.77. The van der Waals surface area contributed by atoms with Gasteiger partial charge in [0, 0.05) is 38.8 Å². The third-order valence-corrected chi connectivity index (χ3v) is 3.38. The monoisotopic (exact) mass is 257 g/mol. The quantitative estimate of drug-likeness (QED) is 0.638. The summed E-state index contributed by atoms with van der Waals surface area (Å²) in [4.78, 5) is 14.1. The van der Waals surface area contributed by atoms with E-state index in [0.29, 0.717) is 13.0 Å². The highest BCUT2D eigenvalue weighted by Crippen LogP contribution is 2.21. The molecule has 1 rings (SSSR count). The van der Waals surface area contributed by atoms with E-state index >= 15 is 0 Å². The molecule has 1 saturated heterocycles. The predicted octanol–water partition coefficient (Wildman–Crippen LogP) is -0.195. The van der Waals surface area contributed by atoms with Crippen molar-refractivity contribution >= 4 is 5.91 Å². The van der Waals surface area contributed by atoms with Gasteiger partial charge in [-0.2, -0.15) is 0 Å². The van der Waals surface area contributed by atoms with Crippen molar-refractivity contribution < 1.29 is 9.90 Å². The average Bonchev–Trinajstić information content (AvgIpc) is 2.28. The molecule has 1 atom stereocenters. The summed E-state index contributed by atoms with van der Waals surface area (Å²) in [5.41, 5.74) is -0.0259. The molecule has 106 valence electrons. The number of nitrogens with one attached hydrogen (secondary N) is 2. The Hall–Kier alpha value is -0.650. The predicted molar refractivity (Wildman–Crippen MR) is 72.4 cm³/mol. The summed E-state index contributed by atoms with van der Waals surface area (Å²) in [6.07, 6.45) is 0.608. The fourth-order valence-electron chi connectivity index (χ4n) is 2.16. The van der Waals surface area contributed by atoms with E-state index in [4.69, 9.17) is 5.11 Å². The molecule has 5 heteroatoms. The number of rotatable bonds is 5. The van der Waals surface area contributed by atoms with Gasteiger partial charge in [0.2, 0.25) is 5.91 Å². The Morgan fingerprint density at radius 3 is 2.50 bits per heavy atom. The molecule has 0 saturated carbocycles. The molecule has 0 aromatic heterocycles. The Kier molecular flexibility index (Phi) is 6.05. The first-order valence-corrected chi connectivity index (χ1v) is 6.77. The molecule has 3 N–H and O–H groups in total. The highest BCUT2D eigenvalue weighted by molar-refractivity contribution is 5.78. The van der Waals surface area contributed by atoms with Crippen molar-refractivity contribution in [3.63, 3.8) is 0 Å². The fraction of sp³-hybridized carbons (Fsp3) is 0.923. The maximum Gasteiger partial charge on any atom is 0.234 e. The lowest BCUT2D eigenvalue weighted by Gasteiger charge is -2.33. The molecule has 1 fully saturated rings. The number of aliphatic hydroxyl groups is 1. The Balaban J connectivity index is 2.40. The summed E-state index contributed by atoms with van der Waals surface area (Å²) >= 11 is 0. The van der Waals surface area contributed by atoms with Crippen LogP contribution in [-0.4, -0.2) is 61.3 Å². The first-order chi connectivity index (χ1) is 8.43. The molecule has 0 spiro atoms. The summed E-state index contributed by atoms with van der Waals surface area (Å²) in [5.74, 6) is 0.0604. The third-order valence-electron chi connectivity index (χ3n) is 3.38. The fourth-order valence-corrected chi connectivity index (χ4v) is 2.16. The van der Waals surface area contributed by atoms with Crippen LogP contribution in [0.25, 0.3) is 0 Å². The summed E-state index contributed by atoms with van der Waals surface area (Å²) in [5, 5.41) is 15.4. The number of carbonyl (C=O) groups is 1. The van der Waals surface area contributed by atoms with E-state index in [1.165, 1.54) is 0 Å². The maximum atomic E-state index is 12.0. The lowest BCUT2D eigenvalue weighted by Crippen LogP contribution is -2.51. The van der Waals surface area contributed by atoms with Crippen LogP contribution in [-0.2, 0) is 4.79 Å². The third kappa shape index (κ3) is 5.33. The second kappa shape index (κ2) is 7.07. The Bertz CT molecular complexity index is 257. The van der Waals surface area contributed by atoms with Crippen LogP contribution in [0.4, 0.5) is 0 Å². The molecule has 0 radical (unpaired) electrons. The van der Waals surface area contributed by atoms with Crippen molar-refractivity contribution in [3.8, 4) is 0 Å². The van der Waals surface area contributed by atoms with Crippen LogP contribution in [0.1, 0.15) is 27.2 Å². The number of amides is 1. The number of nitrogens with zero attached hydrogens (tertiary/aromatic N) is 1. The maximum absolute atomic E-state index is 12.0. The van der Waals surface area contributed by atoms with Crippen molar-refractivity contribution in [1.29, 1.82) is 0 Å². The van der Waals surface area contributed by atoms with Crippen molar-refractivity contribution in [2.75, 3.05) is 39.3 Å². The topological polar surface area (TPSA) is 64.6 Å². The molecule has 1 amide bonds. The molecule has 1 heterocycles. The average molecular weight is 257 g/mol. The van der Waals surface area contributed by atoms with E-state index in [1.807, 2.05) is 0 Å². The Morgan fingerprint density at radius 1 is 1.39 bits per heavy atom. The van der Waals surface area contributed by atoms with Crippen LogP contribution in [0, 0.1) is 5.41 Å². The number of hydrogen-bond donors (Lipinski definition) is 3. The largest absolute Gasteiger partial charge is 0.396 e. The van der Waals surface area contributed by atoms with Gasteiger partial charge in [0.05, 0.1) is 6.54 Å². The second-order valence-electron chi connectivity index (χ2n) is 6.02. The standard InChI is InChI=1S/C13H27N3O2/c1-13(2,3)11(4-9-17)15-12(18)10-16-7-5-14-6-8-16/h11,14,17H,4-10H2,1-3H3,(H,15,18). The number of aliphatic hydroxyl groups excluding tert-OH is 1. The summed E-state index contributed by atoms with van der Waals surface area (Å²) in [6, 6.07) is 0.0258. The molecule has 0 aromatic rings. The Labute approximate surface area is 110 Å². The van der Waals surface area contributed by atoms with Crippen molar-refractivity contribution in [2.45, 2.75) is 33.2 Å². The van der Waals surface area contributed by atoms with Gasteiger partial charge in [-0.25, -0.2) is 0 Å². The molecular weight excluding hydrogens is 230 g/mol. The molecule has 1 unspecified atom stereocenters. The summed E-state index contributed by atoms with van der Waals surface area (Å²) in [6.45, 7) is 10.6. The number of carbonyl (C=O) groups excluding carboxylic acids is 1. The molecular formula is C13H27N3O2. The molecule has 1 aliphatic heterocycles. The van der Waals surface area contributed by atoms with Gasteiger partial charge in [-0.3, -0.25) is 9.69 Å². The van der Waals surface area contributed by atoms with Crippen molar-refractivity contribution in [2.24, 2.45) is 5.41 Å². The minimum atomic E-state index is -0.0259. The lowest BCUT2D eigenvalue weighted by atomic mass is 9.85. The highest BCUT2D eigenvalue weighted by atomic mass is 16.3. The van der Waals surface area contributed by atoms with Gasteiger partial charge in [-0.1, -0.05) is 20.8 Å².